The largest absolute Gasteiger partial charge is 5.00 e. The van der Waals surface area contributed by atoms with Gasteiger partial charge >= 0.3 is 22.4 Å². The summed E-state index contributed by atoms with van der Waals surface area (Å²) in [6.45, 7) is 4.27. The Bertz CT molecular complexity index is 650. The quantitative estimate of drug-likeness (QED) is 0.337. The van der Waals surface area contributed by atoms with Crippen LogP contribution < -0.4 is 5.11 Å². The molecule has 6 heteroatoms. The van der Waals surface area contributed by atoms with Crippen molar-refractivity contribution in [2.24, 2.45) is 5.92 Å². The number of nitrogens with zero attached hydrogens (tertiary/aromatic N) is 4. The second kappa shape index (κ2) is 22.2. The van der Waals surface area contributed by atoms with E-state index in [1.807, 2.05) is 60.7 Å². The summed E-state index contributed by atoms with van der Waals surface area (Å²) >= 11 is 0. The van der Waals surface area contributed by atoms with Crippen LogP contribution in [0.1, 0.15) is 57.1 Å². The molecule has 1 saturated carbocycles. The summed E-state index contributed by atoms with van der Waals surface area (Å²) in [6, 6.07) is 19.7. The van der Waals surface area contributed by atoms with Crippen LogP contribution in [-0.4, -0.2) is 54.4 Å². The minimum absolute atomic E-state index is 0. The molecule has 194 valence electrons. The number of benzene rings is 2. The Morgan fingerprint density at radius 2 is 1.03 bits per heavy atom. The molecule has 0 unspecified atom stereocenters. The van der Waals surface area contributed by atoms with Crippen molar-refractivity contribution < 1.29 is 27.5 Å². The molecule has 3 rings (SSSR count). The van der Waals surface area contributed by atoms with Gasteiger partial charge in [0, 0.05) is 0 Å². The van der Waals surface area contributed by atoms with E-state index in [0.717, 1.165) is 24.0 Å². The summed E-state index contributed by atoms with van der Waals surface area (Å²) in [6.07, 6.45) is 6.03. The van der Waals surface area contributed by atoms with Crippen molar-refractivity contribution in [2.75, 3.05) is 42.3 Å². The van der Waals surface area contributed by atoms with Crippen LogP contribution in [-0.2, 0) is 28.0 Å². The van der Waals surface area contributed by atoms with E-state index < -0.39 is 5.60 Å². The van der Waals surface area contributed by atoms with Crippen LogP contribution in [0.15, 0.2) is 60.7 Å². The second-order valence-electron chi connectivity index (χ2n) is 8.94. The summed E-state index contributed by atoms with van der Waals surface area (Å²) in [7, 11) is 10.5. The van der Waals surface area contributed by atoms with E-state index in [1.54, 1.807) is 42.3 Å². The molecule has 0 aliphatic heterocycles. The third kappa shape index (κ3) is 13.2. The molecule has 1 atom stereocenters. The topological polar surface area (TPSA) is 79.5 Å². The fourth-order valence-electron chi connectivity index (χ4n) is 4.08. The minimum Gasteiger partial charge on any atom is -0.844 e. The van der Waals surface area contributed by atoms with Crippen LogP contribution in [0.5, 0.6) is 0 Å². The van der Waals surface area contributed by atoms with Gasteiger partial charge < -0.3 is 26.4 Å². The number of hydrogen-bond donors (Lipinski definition) is 0. The minimum atomic E-state index is -1.34. The standard InChI is InChI=1S/C23H29NO.3C2H6N.Ta/c1-18(2)22(24-21-16-10-5-11-17-21)23(25,19-12-6-3-7-13-19)20-14-8-4-9-15-20;3*1-3-2;/h3-4,6-9,12-15,18,21-22H,5,10-11,16-17H2,1-2H3;3*1-2H3;/q-2;3*-1;+5/t22-;;;;/m0..../s1. The van der Waals surface area contributed by atoms with E-state index in [0.29, 0.717) is 6.04 Å². The van der Waals surface area contributed by atoms with Gasteiger partial charge in [0.15, 0.2) is 0 Å². The Balaban J connectivity index is 0. The molecule has 0 spiro atoms. The van der Waals surface area contributed by atoms with E-state index in [9.17, 15) is 5.11 Å². The predicted molar refractivity (Wildman–Crippen MR) is 148 cm³/mol. The van der Waals surface area contributed by atoms with E-state index in [-0.39, 0.29) is 34.3 Å². The molecule has 0 bridgehead atoms. The van der Waals surface area contributed by atoms with E-state index >= 15 is 0 Å². The number of rotatable bonds is 6. The van der Waals surface area contributed by atoms with Crippen molar-refractivity contribution in [3.05, 3.63) is 93.1 Å². The Morgan fingerprint density at radius 3 is 1.34 bits per heavy atom. The summed E-state index contributed by atoms with van der Waals surface area (Å²) in [5.74, 6) is 0.194. The average Bonchev–Trinajstić information content (AvgIpc) is 2.85. The molecule has 0 aromatic heterocycles. The maximum Gasteiger partial charge on any atom is 5.00 e. The molecule has 2 aromatic carbocycles. The van der Waals surface area contributed by atoms with E-state index in [4.69, 9.17) is 5.32 Å². The van der Waals surface area contributed by atoms with Gasteiger partial charge in [-0.3, -0.25) is 0 Å². The smallest absolute Gasteiger partial charge is 0.844 e. The van der Waals surface area contributed by atoms with Gasteiger partial charge in [0.25, 0.3) is 0 Å². The van der Waals surface area contributed by atoms with Crippen molar-refractivity contribution in [3.8, 4) is 0 Å². The molecule has 0 amide bonds. The SMILES string of the molecule is CC(C)[C@H]([N-]C1CCCCC1)C([O-])(c1ccccc1)c1ccccc1.C[N-]C.C[N-]C.C[N-]C.[Ta+5]. The Morgan fingerprint density at radius 1 is 0.686 bits per heavy atom. The van der Waals surface area contributed by atoms with Crippen molar-refractivity contribution in [3.63, 3.8) is 0 Å². The van der Waals surface area contributed by atoms with Crippen molar-refractivity contribution in [1.29, 1.82) is 0 Å². The summed E-state index contributed by atoms with van der Waals surface area (Å²) < 4.78 is 0. The van der Waals surface area contributed by atoms with Crippen LogP contribution in [0.2, 0.25) is 0 Å². The average molecular weight is 649 g/mol. The second-order valence-corrected chi connectivity index (χ2v) is 8.94. The van der Waals surface area contributed by atoms with Crippen LogP contribution >= 0.6 is 0 Å². The summed E-state index contributed by atoms with van der Waals surface area (Å²) in [5, 5.41) is 30.1. The zero-order valence-corrected chi connectivity index (χ0v) is 26.4. The Kier molecular flexibility index (Phi) is 22.9. The van der Waals surface area contributed by atoms with Crippen molar-refractivity contribution in [2.45, 2.75) is 63.6 Å². The molecule has 1 fully saturated rings. The molecular weight excluding hydrogens is 601 g/mol. The first kappa shape index (κ1) is 36.1. The zero-order chi connectivity index (χ0) is 25.8. The van der Waals surface area contributed by atoms with Crippen molar-refractivity contribution in [1.82, 2.24) is 0 Å². The molecule has 0 radical (unpaired) electrons. The molecule has 35 heavy (non-hydrogen) atoms. The van der Waals surface area contributed by atoms with Crippen molar-refractivity contribution >= 4 is 0 Å². The first-order chi connectivity index (χ1) is 16.4. The van der Waals surface area contributed by atoms with Gasteiger partial charge in [-0.25, -0.2) is 0 Å². The first-order valence-corrected chi connectivity index (χ1v) is 12.3. The molecule has 2 aromatic rings. The molecule has 5 nitrogen and oxygen atoms in total. The monoisotopic (exact) mass is 648 g/mol. The van der Waals surface area contributed by atoms with E-state index in [2.05, 4.69) is 29.8 Å². The van der Waals surface area contributed by atoms with Gasteiger partial charge in [0.1, 0.15) is 0 Å². The van der Waals surface area contributed by atoms with Crippen LogP contribution in [0.4, 0.5) is 0 Å². The predicted octanol–water partition coefficient (Wildman–Crippen LogP) is 6.88. The molecular formula is C29H47N4OTa. The van der Waals surface area contributed by atoms with Crippen LogP contribution in [0.25, 0.3) is 21.3 Å². The molecule has 0 N–H and O–H groups in total. The van der Waals surface area contributed by atoms with Crippen LogP contribution in [0, 0.1) is 5.92 Å². The molecule has 1 aliphatic rings. The van der Waals surface area contributed by atoms with Gasteiger partial charge in [-0.15, -0.1) is 12.1 Å². The van der Waals surface area contributed by atoms with Gasteiger partial charge in [-0.05, 0) is 0 Å². The Labute approximate surface area is 231 Å². The van der Waals surface area contributed by atoms with Crippen LogP contribution in [0.3, 0.4) is 0 Å². The first-order valence-electron chi connectivity index (χ1n) is 12.3. The van der Waals surface area contributed by atoms with Gasteiger partial charge in [0.05, 0.1) is 0 Å². The van der Waals surface area contributed by atoms with Gasteiger partial charge in [-0.2, -0.15) is 42.3 Å². The fraction of sp³-hybridized carbons (Fsp3) is 0.586. The normalized spacial score (nSPS) is 14.1. The molecule has 0 heterocycles. The number of hydrogen-bond acceptors (Lipinski definition) is 1. The van der Waals surface area contributed by atoms with E-state index in [1.165, 1.54) is 19.3 Å². The third-order valence-corrected chi connectivity index (χ3v) is 5.40. The summed E-state index contributed by atoms with van der Waals surface area (Å²) in [5.41, 5.74) is 0.299. The van der Waals surface area contributed by atoms with Gasteiger partial charge in [-0.1, -0.05) is 129 Å². The molecule has 0 saturated heterocycles. The Hall–Kier alpha value is -1.02. The molecule has 1 aliphatic carbocycles. The fourth-order valence-corrected chi connectivity index (χ4v) is 4.08. The van der Waals surface area contributed by atoms with Gasteiger partial charge in [0.2, 0.25) is 0 Å². The zero-order valence-electron chi connectivity index (χ0n) is 23.2. The maximum absolute atomic E-state index is 14.4. The summed E-state index contributed by atoms with van der Waals surface area (Å²) in [4.78, 5) is 0. The maximum atomic E-state index is 14.4. The third-order valence-electron chi connectivity index (χ3n) is 5.40.